The number of aromatic nitrogens is 2. The zero-order chi connectivity index (χ0) is 27.1. The second-order valence-electron chi connectivity index (χ2n) is 8.62. The number of carbonyl (C=O) groups excluding carboxylic acids is 1. The Morgan fingerprint density at radius 3 is 2.58 bits per heavy atom. The molecule has 1 aromatic heterocycles. The molecule has 38 heavy (non-hydrogen) atoms. The van der Waals surface area contributed by atoms with Gasteiger partial charge in [0.1, 0.15) is 36.5 Å². The van der Waals surface area contributed by atoms with Crippen LogP contribution in [0.2, 0.25) is 0 Å². The Kier molecular flexibility index (Phi) is 8.93. The first-order chi connectivity index (χ1) is 18.2. The number of aliphatic hydroxyl groups excluding tert-OH is 1. The van der Waals surface area contributed by atoms with Gasteiger partial charge in [-0.2, -0.15) is 10.1 Å². The molecule has 1 aliphatic heterocycles. The number of para-hydroxylation sites is 1. The number of carbonyl (C=O) groups is 1. The predicted octanol–water partition coefficient (Wildman–Crippen LogP) is 2.40. The average molecular weight is 545 g/mol. The fourth-order valence-electron chi connectivity index (χ4n) is 3.71. The van der Waals surface area contributed by atoms with Crippen molar-refractivity contribution in [2.75, 3.05) is 12.3 Å². The molecule has 12 nitrogen and oxygen atoms in total. The van der Waals surface area contributed by atoms with Crippen LogP contribution in [0.25, 0.3) is 0 Å². The summed E-state index contributed by atoms with van der Waals surface area (Å²) in [6, 6.07) is 17.8. The number of nitrogens with zero attached hydrogens (tertiary/aromatic N) is 2. The summed E-state index contributed by atoms with van der Waals surface area (Å²) in [6.07, 6.45) is -1.33. The number of nitrogen functional groups attached to an aromatic ring is 1. The minimum Gasteiger partial charge on any atom is -0.460 e. The zero-order valence-electron chi connectivity index (χ0n) is 20.6. The van der Waals surface area contributed by atoms with Gasteiger partial charge in [-0.1, -0.05) is 48.5 Å². The lowest BCUT2D eigenvalue weighted by molar-refractivity contribution is -0.146. The van der Waals surface area contributed by atoms with E-state index in [9.17, 15) is 19.3 Å². The average Bonchev–Trinajstić information content (AvgIpc) is 3.27. The molecule has 4 N–H and O–H groups in total. The molecule has 0 bridgehead atoms. The Balaban J connectivity index is 1.41. The van der Waals surface area contributed by atoms with Gasteiger partial charge < -0.3 is 24.8 Å². The summed E-state index contributed by atoms with van der Waals surface area (Å²) in [6.45, 7) is 1.14. The van der Waals surface area contributed by atoms with Gasteiger partial charge >= 0.3 is 19.4 Å². The molecule has 0 spiro atoms. The molecule has 1 aliphatic rings. The van der Waals surface area contributed by atoms with Crippen LogP contribution < -0.4 is 21.0 Å². The monoisotopic (exact) mass is 544 g/mol. The van der Waals surface area contributed by atoms with Crippen molar-refractivity contribution < 1.29 is 33.0 Å². The lowest BCUT2D eigenvalue weighted by Gasteiger charge is -2.24. The third-order valence-corrected chi connectivity index (χ3v) is 7.32. The molecule has 2 aromatic carbocycles. The highest BCUT2D eigenvalue weighted by Gasteiger charge is 2.39. The molecule has 13 heteroatoms. The van der Waals surface area contributed by atoms with E-state index >= 15 is 0 Å². The quantitative estimate of drug-likeness (QED) is 0.240. The molecule has 4 rings (SSSR count). The number of anilines is 1. The van der Waals surface area contributed by atoms with Crippen LogP contribution in [0.4, 0.5) is 5.82 Å². The summed E-state index contributed by atoms with van der Waals surface area (Å²) < 4.78 is 37.2. The van der Waals surface area contributed by atoms with Crippen LogP contribution in [0.15, 0.2) is 77.7 Å². The van der Waals surface area contributed by atoms with Gasteiger partial charge in [0.05, 0.1) is 12.7 Å². The molecule has 0 aliphatic carbocycles. The van der Waals surface area contributed by atoms with Crippen molar-refractivity contribution in [3.8, 4) is 5.75 Å². The van der Waals surface area contributed by atoms with E-state index in [1.165, 1.54) is 23.8 Å². The van der Waals surface area contributed by atoms with E-state index in [0.717, 1.165) is 5.56 Å². The summed E-state index contributed by atoms with van der Waals surface area (Å²) in [5.74, 6) is -0.369. The van der Waals surface area contributed by atoms with Gasteiger partial charge in [-0.15, -0.1) is 0 Å². The van der Waals surface area contributed by atoms with Crippen molar-refractivity contribution in [3.63, 3.8) is 0 Å². The molecule has 1 saturated heterocycles. The lowest BCUT2D eigenvalue weighted by atomic mass is 10.2. The number of esters is 1. The topological polar surface area (TPSA) is 164 Å². The zero-order valence-corrected chi connectivity index (χ0v) is 21.5. The summed E-state index contributed by atoms with van der Waals surface area (Å²) in [7, 11) is -4.17. The van der Waals surface area contributed by atoms with E-state index in [2.05, 4.69) is 10.1 Å². The maximum atomic E-state index is 13.7. The first-order valence-electron chi connectivity index (χ1n) is 11.9. The number of ether oxygens (including phenoxy) is 2. The smallest absolute Gasteiger partial charge is 0.459 e. The van der Waals surface area contributed by atoms with Crippen molar-refractivity contribution >= 4 is 19.5 Å². The molecule has 0 amide bonds. The van der Waals surface area contributed by atoms with Crippen LogP contribution in [-0.2, 0) is 30.0 Å². The summed E-state index contributed by atoms with van der Waals surface area (Å²) in [4.78, 5) is 28.4. The van der Waals surface area contributed by atoms with Crippen molar-refractivity contribution in [3.05, 3.63) is 89.0 Å². The van der Waals surface area contributed by atoms with Gasteiger partial charge in [-0.3, -0.25) is 13.9 Å². The maximum absolute atomic E-state index is 13.7. The van der Waals surface area contributed by atoms with Gasteiger partial charge in [-0.05, 0) is 30.7 Å². The van der Waals surface area contributed by atoms with Crippen molar-refractivity contribution in [1.82, 2.24) is 14.6 Å². The molecule has 0 radical (unpaired) electrons. The van der Waals surface area contributed by atoms with E-state index in [4.69, 9.17) is 24.3 Å². The van der Waals surface area contributed by atoms with E-state index in [0.29, 0.717) is 0 Å². The van der Waals surface area contributed by atoms with E-state index in [1.54, 1.807) is 30.3 Å². The van der Waals surface area contributed by atoms with Crippen LogP contribution in [0.3, 0.4) is 0 Å². The number of nitrogens with one attached hydrogen (secondary N) is 1. The lowest BCUT2D eigenvalue weighted by Crippen LogP contribution is -2.36. The van der Waals surface area contributed by atoms with E-state index in [1.807, 2.05) is 30.3 Å². The molecule has 5 atom stereocenters. The fraction of sp³-hybridized carbons (Fsp3) is 0.320. The highest BCUT2D eigenvalue weighted by molar-refractivity contribution is 7.52. The predicted molar refractivity (Wildman–Crippen MR) is 137 cm³/mol. The minimum absolute atomic E-state index is 0.0409. The van der Waals surface area contributed by atoms with Crippen LogP contribution in [0.5, 0.6) is 5.75 Å². The first-order valence-corrected chi connectivity index (χ1v) is 13.4. The normalized spacial score (nSPS) is 21.4. The summed E-state index contributed by atoms with van der Waals surface area (Å²) >= 11 is 0. The summed E-state index contributed by atoms with van der Waals surface area (Å²) in [5.41, 5.74) is 5.69. The molecule has 3 aromatic rings. The fourth-order valence-corrected chi connectivity index (χ4v) is 5.21. The van der Waals surface area contributed by atoms with Gasteiger partial charge in [0.2, 0.25) is 0 Å². The highest BCUT2D eigenvalue weighted by Crippen LogP contribution is 2.46. The third-order valence-electron chi connectivity index (χ3n) is 5.67. The number of benzene rings is 2. The Bertz CT molecular complexity index is 1320. The number of hydrogen-bond donors (Lipinski definition) is 3. The second-order valence-corrected chi connectivity index (χ2v) is 10.3. The molecule has 2 unspecified atom stereocenters. The molecule has 0 saturated carbocycles. The van der Waals surface area contributed by atoms with Gasteiger partial charge in [0, 0.05) is 12.6 Å². The van der Waals surface area contributed by atoms with Gasteiger partial charge in [0.15, 0.2) is 0 Å². The maximum Gasteiger partial charge on any atom is 0.459 e. The molecular formula is C25H29N4O8P. The Morgan fingerprint density at radius 1 is 1.21 bits per heavy atom. The van der Waals surface area contributed by atoms with E-state index in [-0.39, 0.29) is 31.2 Å². The summed E-state index contributed by atoms with van der Waals surface area (Å²) in [5, 5.41) is 13.1. The van der Waals surface area contributed by atoms with Crippen LogP contribution in [0, 0.1) is 0 Å². The van der Waals surface area contributed by atoms with Crippen LogP contribution in [-0.4, -0.2) is 45.5 Å². The highest BCUT2D eigenvalue weighted by atomic mass is 31.2. The van der Waals surface area contributed by atoms with Gasteiger partial charge in [0.25, 0.3) is 0 Å². The van der Waals surface area contributed by atoms with Crippen LogP contribution in [0.1, 0.15) is 25.1 Å². The van der Waals surface area contributed by atoms with E-state index < -0.39 is 43.9 Å². The molecular weight excluding hydrogens is 515 g/mol. The standard InChI is InChI=1S/C25H29N4O8P/c1-17(24(31)34-15-18-8-4-2-5-9-18)28-38(33,37-19-10-6-3-7-11-19)35-16-21-20(30)14-23(36-21)29-13-12-22(26)27-25(29)32/h2-13,17,20-21,23,30H,14-16H2,1H3,(H,28,33)(H2,26,27,32)/t17-,20+,21?,23+,38?/m0/s1. The largest absolute Gasteiger partial charge is 0.460 e. The Labute approximate surface area is 218 Å². The SMILES string of the molecule is C[C@H](NP(=O)(OCC1O[C@@H](n2ccc(N)nc2=O)C[C@H]1O)Oc1ccccc1)C(=O)OCc1ccccc1. The molecule has 202 valence electrons. The van der Waals surface area contributed by atoms with Crippen molar-refractivity contribution in [2.45, 2.75) is 44.4 Å². The number of rotatable bonds is 11. The number of aliphatic hydroxyl groups is 1. The van der Waals surface area contributed by atoms with Crippen molar-refractivity contribution in [2.24, 2.45) is 0 Å². The minimum atomic E-state index is -4.17. The number of hydrogen-bond acceptors (Lipinski definition) is 10. The Morgan fingerprint density at radius 2 is 1.89 bits per heavy atom. The number of nitrogens with two attached hydrogens (primary N) is 1. The van der Waals surface area contributed by atoms with Crippen LogP contribution >= 0.6 is 7.75 Å². The molecule has 1 fully saturated rings. The third kappa shape index (κ3) is 7.27. The van der Waals surface area contributed by atoms with Crippen molar-refractivity contribution in [1.29, 1.82) is 0 Å². The first kappa shape index (κ1) is 27.5. The van der Waals surface area contributed by atoms with Gasteiger partial charge in [-0.25, -0.2) is 9.36 Å². The second kappa shape index (κ2) is 12.3. The Hall–Kier alpha value is -3.54. The molecule has 2 heterocycles.